The number of rotatable bonds is 5. The first-order valence-corrected chi connectivity index (χ1v) is 6.10. The van der Waals surface area contributed by atoms with Crippen molar-refractivity contribution in [1.29, 1.82) is 0 Å². The van der Waals surface area contributed by atoms with Gasteiger partial charge in [-0.05, 0) is 24.6 Å². The molecule has 0 aliphatic heterocycles. The maximum atomic E-state index is 11.0. The lowest BCUT2D eigenvalue weighted by molar-refractivity contribution is -0.386. The van der Waals surface area contributed by atoms with Gasteiger partial charge in [0.2, 0.25) is 0 Å². The second-order valence-corrected chi connectivity index (χ2v) is 4.32. The molecule has 1 aromatic carbocycles. The predicted molar refractivity (Wildman–Crippen MR) is 75.9 cm³/mol. The van der Waals surface area contributed by atoms with E-state index in [9.17, 15) is 10.1 Å². The molecule has 0 spiro atoms. The maximum absolute atomic E-state index is 11.0. The van der Waals surface area contributed by atoms with Crippen LogP contribution in [-0.2, 0) is 6.61 Å². The van der Waals surface area contributed by atoms with Gasteiger partial charge in [0.15, 0.2) is 5.75 Å². The third-order valence-corrected chi connectivity index (χ3v) is 2.79. The van der Waals surface area contributed by atoms with Crippen molar-refractivity contribution in [3.63, 3.8) is 0 Å². The Morgan fingerprint density at radius 3 is 2.75 bits per heavy atom. The molecule has 1 N–H and O–H groups in total. The van der Waals surface area contributed by atoms with E-state index in [1.165, 1.54) is 6.07 Å². The molecule has 2 rings (SSSR count). The van der Waals surface area contributed by atoms with Crippen LogP contribution < -0.4 is 10.1 Å². The number of hydrogen-bond acceptors (Lipinski definition) is 5. The van der Waals surface area contributed by atoms with Gasteiger partial charge >= 0.3 is 5.69 Å². The van der Waals surface area contributed by atoms with Gasteiger partial charge in [0.05, 0.1) is 4.92 Å². The number of anilines is 1. The maximum Gasteiger partial charge on any atom is 0.311 e. The largest absolute Gasteiger partial charge is 0.482 e. The zero-order valence-corrected chi connectivity index (χ0v) is 11.3. The molecule has 0 fully saturated rings. The average Bonchev–Trinajstić information content (AvgIpc) is 2.46. The molecule has 0 aliphatic rings. The van der Waals surface area contributed by atoms with Crippen LogP contribution in [0.5, 0.6) is 5.75 Å². The Morgan fingerprint density at radius 1 is 1.35 bits per heavy atom. The van der Waals surface area contributed by atoms with Crippen molar-refractivity contribution < 1.29 is 9.66 Å². The molecule has 0 amide bonds. The zero-order valence-electron chi connectivity index (χ0n) is 11.3. The fraction of sp³-hybridized carbons (Fsp3) is 0.214. The second kappa shape index (κ2) is 6.01. The van der Waals surface area contributed by atoms with Crippen molar-refractivity contribution in [2.45, 2.75) is 13.5 Å². The fourth-order valence-electron chi connectivity index (χ4n) is 1.71. The Hall–Kier alpha value is -2.63. The SMILES string of the molecule is CNc1ccc(COc2ccc(C)cc2[N+](=O)[O-])cn1. The third-order valence-electron chi connectivity index (χ3n) is 2.79. The third kappa shape index (κ3) is 3.23. The van der Waals surface area contributed by atoms with Crippen molar-refractivity contribution in [1.82, 2.24) is 4.98 Å². The summed E-state index contributed by atoms with van der Waals surface area (Å²) in [7, 11) is 1.79. The van der Waals surface area contributed by atoms with Crippen LogP contribution >= 0.6 is 0 Å². The Morgan fingerprint density at radius 2 is 2.15 bits per heavy atom. The van der Waals surface area contributed by atoms with Crippen LogP contribution in [0.4, 0.5) is 11.5 Å². The van der Waals surface area contributed by atoms with Gasteiger partial charge in [-0.2, -0.15) is 0 Å². The van der Waals surface area contributed by atoms with E-state index < -0.39 is 4.92 Å². The summed E-state index contributed by atoms with van der Waals surface area (Å²) in [6.07, 6.45) is 1.67. The molecule has 0 aliphatic carbocycles. The standard InChI is InChI=1S/C14H15N3O3/c1-10-3-5-13(12(7-10)17(18)19)20-9-11-4-6-14(15-2)16-8-11/h3-8H,9H2,1-2H3,(H,15,16). The van der Waals surface area contributed by atoms with Gasteiger partial charge in [-0.3, -0.25) is 10.1 Å². The molecule has 20 heavy (non-hydrogen) atoms. The second-order valence-electron chi connectivity index (χ2n) is 4.32. The van der Waals surface area contributed by atoms with Crippen molar-refractivity contribution >= 4 is 11.5 Å². The van der Waals surface area contributed by atoms with E-state index in [0.29, 0.717) is 0 Å². The number of aryl methyl sites for hydroxylation is 1. The average molecular weight is 273 g/mol. The minimum Gasteiger partial charge on any atom is -0.482 e. The van der Waals surface area contributed by atoms with Gasteiger partial charge in [-0.15, -0.1) is 0 Å². The van der Waals surface area contributed by atoms with Gasteiger partial charge in [-0.25, -0.2) is 4.98 Å². The van der Waals surface area contributed by atoms with E-state index in [0.717, 1.165) is 16.9 Å². The van der Waals surface area contributed by atoms with Gasteiger partial charge in [0.25, 0.3) is 0 Å². The molecule has 2 aromatic rings. The topological polar surface area (TPSA) is 77.3 Å². The summed E-state index contributed by atoms with van der Waals surface area (Å²) in [5.74, 6) is 1.02. The van der Waals surface area contributed by atoms with Gasteiger partial charge in [0, 0.05) is 24.9 Å². The molecule has 0 bridgehead atoms. The van der Waals surface area contributed by atoms with Crippen molar-refractivity contribution in [3.05, 3.63) is 57.8 Å². The molecule has 104 valence electrons. The first-order valence-electron chi connectivity index (χ1n) is 6.10. The molecule has 0 saturated heterocycles. The van der Waals surface area contributed by atoms with Gasteiger partial charge in [0.1, 0.15) is 12.4 Å². The molecular formula is C14H15N3O3. The Labute approximate surface area is 116 Å². The lowest BCUT2D eigenvalue weighted by Crippen LogP contribution is -2.00. The molecule has 1 aromatic heterocycles. The summed E-state index contributed by atoms with van der Waals surface area (Å²) in [5, 5.41) is 13.9. The summed E-state index contributed by atoms with van der Waals surface area (Å²) in [4.78, 5) is 14.7. The number of ether oxygens (including phenoxy) is 1. The highest BCUT2D eigenvalue weighted by Crippen LogP contribution is 2.28. The minimum absolute atomic E-state index is 0.0233. The first kappa shape index (κ1) is 13.8. The van der Waals surface area contributed by atoms with E-state index >= 15 is 0 Å². The highest BCUT2D eigenvalue weighted by molar-refractivity contribution is 5.48. The first-order chi connectivity index (χ1) is 9.60. The summed E-state index contributed by atoms with van der Waals surface area (Å²) in [5.41, 5.74) is 1.65. The number of nitro benzene ring substituents is 1. The van der Waals surface area contributed by atoms with Crippen molar-refractivity contribution in [3.8, 4) is 5.75 Å². The number of aromatic nitrogens is 1. The lowest BCUT2D eigenvalue weighted by atomic mass is 10.2. The van der Waals surface area contributed by atoms with Crippen LogP contribution in [0, 0.1) is 17.0 Å². The van der Waals surface area contributed by atoms with E-state index in [-0.39, 0.29) is 18.0 Å². The highest BCUT2D eigenvalue weighted by atomic mass is 16.6. The predicted octanol–water partition coefficient (Wildman–Crippen LogP) is 2.92. The number of benzene rings is 1. The molecule has 0 atom stereocenters. The van der Waals surface area contributed by atoms with E-state index in [2.05, 4.69) is 10.3 Å². The number of nitrogens with zero attached hydrogens (tertiary/aromatic N) is 2. The van der Waals surface area contributed by atoms with Crippen LogP contribution in [0.15, 0.2) is 36.5 Å². The van der Waals surface area contributed by atoms with Crippen LogP contribution in [0.1, 0.15) is 11.1 Å². The normalized spacial score (nSPS) is 10.1. The molecule has 6 heteroatoms. The number of hydrogen-bond donors (Lipinski definition) is 1. The van der Waals surface area contributed by atoms with E-state index in [1.807, 2.05) is 12.1 Å². The van der Waals surface area contributed by atoms with Crippen molar-refractivity contribution in [2.24, 2.45) is 0 Å². The van der Waals surface area contributed by atoms with Crippen LogP contribution in [0.2, 0.25) is 0 Å². The number of pyridine rings is 1. The molecule has 0 saturated carbocycles. The summed E-state index contributed by atoms with van der Waals surface area (Å²) >= 11 is 0. The lowest BCUT2D eigenvalue weighted by Gasteiger charge is -2.07. The summed E-state index contributed by atoms with van der Waals surface area (Å²) in [6.45, 7) is 2.04. The Kier molecular flexibility index (Phi) is 4.14. The van der Waals surface area contributed by atoms with Crippen LogP contribution in [0.3, 0.4) is 0 Å². The van der Waals surface area contributed by atoms with Gasteiger partial charge < -0.3 is 10.1 Å². The summed E-state index contributed by atoms with van der Waals surface area (Å²) < 4.78 is 5.51. The highest BCUT2D eigenvalue weighted by Gasteiger charge is 2.15. The molecule has 1 heterocycles. The van der Waals surface area contributed by atoms with E-state index in [4.69, 9.17) is 4.74 Å². The van der Waals surface area contributed by atoms with Crippen LogP contribution in [-0.4, -0.2) is 17.0 Å². The molecule has 0 unspecified atom stereocenters. The smallest absolute Gasteiger partial charge is 0.311 e. The van der Waals surface area contributed by atoms with E-state index in [1.54, 1.807) is 32.3 Å². The molecule has 0 radical (unpaired) electrons. The molecular weight excluding hydrogens is 258 g/mol. The summed E-state index contributed by atoms with van der Waals surface area (Å²) in [6, 6.07) is 8.58. The van der Waals surface area contributed by atoms with Gasteiger partial charge in [-0.1, -0.05) is 12.1 Å². The quantitative estimate of drug-likeness (QED) is 0.669. The number of nitro groups is 1. The fourth-order valence-corrected chi connectivity index (χ4v) is 1.71. The Bertz CT molecular complexity index is 612. The Balaban J connectivity index is 2.12. The number of nitrogens with one attached hydrogen (secondary N) is 1. The monoisotopic (exact) mass is 273 g/mol. The molecule has 6 nitrogen and oxygen atoms in total. The van der Waals surface area contributed by atoms with Crippen LogP contribution in [0.25, 0.3) is 0 Å². The van der Waals surface area contributed by atoms with Crippen molar-refractivity contribution in [2.75, 3.05) is 12.4 Å². The minimum atomic E-state index is -0.440. The zero-order chi connectivity index (χ0) is 14.5.